The van der Waals surface area contributed by atoms with Gasteiger partial charge in [0.05, 0.1) is 6.04 Å². The third kappa shape index (κ3) is 4.70. The van der Waals surface area contributed by atoms with E-state index < -0.39 is 5.60 Å². The van der Waals surface area contributed by atoms with Crippen molar-refractivity contribution in [3.63, 3.8) is 0 Å². The van der Waals surface area contributed by atoms with E-state index in [2.05, 4.69) is 24.1 Å². The first-order valence-electron chi connectivity index (χ1n) is 8.40. The molecule has 0 aromatic carbocycles. The van der Waals surface area contributed by atoms with Gasteiger partial charge in [0.15, 0.2) is 0 Å². The van der Waals surface area contributed by atoms with Crippen LogP contribution in [-0.4, -0.2) is 44.8 Å². The Hall–Kier alpha value is -1.56. The lowest BCUT2D eigenvalue weighted by molar-refractivity contribution is 0.00901. The predicted octanol–water partition coefficient (Wildman–Crippen LogP) is 2.86. The van der Waals surface area contributed by atoms with Gasteiger partial charge in [-0.05, 0) is 47.5 Å². The summed E-state index contributed by atoms with van der Waals surface area (Å²) in [5, 5.41) is 3.64. The average Bonchev–Trinajstić information content (AvgIpc) is 2.83. The number of hydrogen-bond donors (Lipinski definition) is 1. The van der Waals surface area contributed by atoms with Crippen LogP contribution in [0, 0.1) is 0 Å². The van der Waals surface area contributed by atoms with Gasteiger partial charge in [-0.2, -0.15) is 0 Å². The number of imidazole rings is 1. The van der Waals surface area contributed by atoms with E-state index in [4.69, 9.17) is 4.74 Å². The first kappa shape index (κ1) is 17.8. The maximum atomic E-state index is 12.3. The summed E-state index contributed by atoms with van der Waals surface area (Å²) < 4.78 is 7.53. The molecule has 1 aromatic rings. The highest BCUT2D eigenvalue weighted by Gasteiger charge is 2.32. The number of likely N-dealkylation sites (tertiary alicyclic amines) is 1. The van der Waals surface area contributed by atoms with Gasteiger partial charge in [0.25, 0.3) is 0 Å². The van der Waals surface area contributed by atoms with E-state index in [1.54, 1.807) is 0 Å². The Labute approximate surface area is 139 Å². The molecule has 3 atom stereocenters. The van der Waals surface area contributed by atoms with Crippen LogP contribution in [0.5, 0.6) is 0 Å². The monoisotopic (exact) mass is 322 g/mol. The Morgan fingerprint density at radius 1 is 1.48 bits per heavy atom. The maximum Gasteiger partial charge on any atom is 0.410 e. The van der Waals surface area contributed by atoms with Crippen LogP contribution < -0.4 is 5.32 Å². The molecule has 0 bridgehead atoms. The van der Waals surface area contributed by atoms with E-state index in [9.17, 15) is 4.79 Å². The number of hydrogen-bond acceptors (Lipinski definition) is 4. The Kier molecular flexibility index (Phi) is 5.34. The summed E-state index contributed by atoms with van der Waals surface area (Å²) in [6.07, 6.45) is 5.43. The van der Waals surface area contributed by atoms with Gasteiger partial charge in [-0.1, -0.05) is 0 Å². The molecular formula is C17H30N4O2. The molecule has 3 unspecified atom stereocenters. The molecule has 1 aromatic heterocycles. The van der Waals surface area contributed by atoms with E-state index in [-0.39, 0.29) is 18.2 Å². The van der Waals surface area contributed by atoms with E-state index in [0.29, 0.717) is 6.04 Å². The van der Waals surface area contributed by atoms with Crippen molar-refractivity contribution in [3.8, 4) is 0 Å². The standard InChI is InChI=1S/C17H30N4O2/c1-12-11-14(19-13(2)15-18-8-10-20(15)6)7-9-21(12)16(22)23-17(3,4)5/h8,10,12-14,19H,7,9,11H2,1-6H3. The fourth-order valence-corrected chi connectivity index (χ4v) is 3.14. The molecule has 1 N–H and O–H groups in total. The van der Waals surface area contributed by atoms with Crippen LogP contribution in [0.2, 0.25) is 0 Å². The van der Waals surface area contributed by atoms with Crippen LogP contribution in [0.4, 0.5) is 4.79 Å². The number of nitrogens with one attached hydrogen (secondary N) is 1. The second-order valence-corrected chi connectivity index (χ2v) is 7.53. The summed E-state index contributed by atoms with van der Waals surface area (Å²) >= 11 is 0. The van der Waals surface area contributed by atoms with Crippen LogP contribution in [0.15, 0.2) is 12.4 Å². The van der Waals surface area contributed by atoms with Crippen molar-refractivity contribution in [3.05, 3.63) is 18.2 Å². The number of nitrogens with zero attached hydrogens (tertiary/aromatic N) is 3. The number of aryl methyl sites for hydroxylation is 1. The number of rotatable bonds is 3. The molecule has 130 valence electrons. The minimum absolute atomic E-state index is 0.171. The summed E-state index contributed by atoms with van der Waals surface area (Å²) in [5.41, 5.74) is -0.446. The van der Waals surface area contributed by atoms with Crippen molar-refractivity contribution < 1.29 is 9.53 Å². The lowest BCUT2D eigenvalue weighted by atomic mass is 9.98. The van der Waals surface area contributed by atoms with Gasteiger partial charge >= 0.3 is 6.09 Å². The van der Waals surface area contributed by atoms with E-state index in [0.717, 1.165) is 25.2 Å². The lowest BCUT2D eigenvalue weighted by Crippen LogP contribution is -2.51. The number of ether oxygens (including phenoxy) is 1. The summed E-state index contributed by atoms with van der Waals surface area (Å²) in [6, 6.07) is 0.750. The minimum atomic E-state index is -0.446. The molecule has 0 radical (unpaired) electrons. The SMILES string of the molecule is CC(NC1CCN(C(=O)OC(C)(C)C)C(C)C1)c1nccn1C. The van der Waals surface area contributed by atoms with Gasteiger partial charge in [0.2, 0.25) is 0 Å². The van der Waals surface area contributed by atoms with Gasteiger partial charge < -0.3 is 19.5 Å². The van der Waals surface area contributed by atoms with Crippen LogP contribution in [-0.2, 0) is 11.8 Å². The van der Waals surface area contributed by atoms with E-state index >= 15 is 0 Å². The minimum Gasteiger partial charge on any atom is -0.444 e. The van der Waals surface area contributed by atoms with Crippen molar-refractivity contribution in [2.45, 2.75) is 71.2 Å². The summed E-state index contributed by atoms with van der Waals surface area (Å²) in [4.78, 5) is 18.5. The first-order chi connectivity index (χ1) is 10.7. The zero-order chi connectivity index (χ0) is 17.2. The smallest absolute Gasteiger partial charge is 0.410 e. The molecule has 23 heavy (non-hydrogen) atoms. The molecular weight excluding hydrogens is 292 g/mol. The Bertz CT molecular complexity index is 535. The van der Waals surface area contributed by atoms with Gasteiger partial charge in [0, 0.05) is 38.1 Å². The van der Waals surface area contributed by atoms with Crippen molar-refractivity contribution in [1.29, 1.82) is 0 Å². The Balaban J connectivity index is 1.89. The van der Waals surface area contributed by atoms with Gasteiger partial charge in [-0.15, -0.1) is 0 Å². The lowest BCUT2D eigenvalue weighted by Gasteiger charge is -2.39. The molecule has 0 spiro atoms. The Morgan fingerprint density at radius 2 is 2.17 bits per heavy atom. The summed E-state index contributed by atoms with van der Waals surface area (Å²) in [7, 11) is 2.01. The van der Waals surface area contributed by atoms with Crippen LogP contribution in [0.25, 0.3) is 0 Å². The number of amides is 1. The molecule has 1 amide bonds. The number of carbonyl (C=O) groups excluding carboxylic acids is 1. The second-order valence-electron chi connectivity index (χ2n) is 7.53. The number of carbonyl (C=O) groups is 1. The van der Waals surface area contributed by atoms with Crippen LogP contribution in [0.3, 0.4) is 0 Å². The highest BCUT2D eigenvalue weighted by Crippen LogP contribution is 2.22. The van der Waals surface area contributed by atoms with Crippen molar-refractivity contribution >= 4 is 6.09 Å². The molecule has 0 saturated carbocycles. The number of piperidine rings is 1. The number of aromatic nitrogens is 2. The molecule has 6 nitrogen and oxygen atoms in total. The molecule has 1 aliphatic rings. The summed E-state index contributed by atoms with van der Waals surface area (Å²) in [6.45, 7) is 10.6. The van der Waals surface area contributed by atoms with E-state index in [1.807, 2.05) is 49.7 Å². The predicted molar refractivity (Wildman–Crippen MR) is 90.2 cm³/mol. The zero-order valence-electron chi connectivity index (χ0n) is 15.2. The maximum absolute atomic E-state index is 12.3. The van der Waals surface area contributed by atoms with Crippen molar-refractivity contribution in [2.24, 2.45) is 7.05 Å². The molecule has 1 saturated heterocycles. The van der Waals surface area contributed by atoms with Gasteiger partial charge in [-0.3, -0.25) is 0 Å². The van der Waals surface area contributed by atoms with Crippen molar-refractivity contribution in [1.82, 2.24) is 19.8 Å². The highest BCUT2D eigenvalue weighted by atomic mass is 16.6. The van der Waals surface area contributed by atoms with Crippen LogP contribution in [0.1, 0.15) is 59.3 Å². The molecule has 0 aliphatic carbocycles. The fourth-order valence-electron chi connectivity index (χ4n) is 3.14. The molecule has 1 aliphatic heterocycles. The molecule has 2 heterocycles. The van der Waals surface area contributed by atoms with Gasteiger partial charge in [-0.25, -0.2) is 9.78 Å². The van der Waals surface area contributed by atoms with Crippen molar-refractivity contribution in [2.75, 3.05) is 6.54 Å². The quantitative estimate of drug-likeness (QED) is 0.929. The third-order valence-electron chi connectivity index (χ3n) is 4.24. The third-order valence-corrected chi connectivity index (χ3v) is 4.24. The average molecular weight is 322 g/mol. The normalized spacial score (nSPS) is 23.7. The molecule has 2 rings (SSSR count). The van der Waals surface area contributed by atoms with E-state index in [1.165, 1.54) is 0 Å². The van der Waals surface area contributed by atoms with Gasteiger partial charge in [0.1, 0.15) is 11.4 Å². The second kappa shape index (κ2) is 6.91. The largest absolute Gasteiger partial charge is 0.444 e. The highest BCUT2D eigenvalue weighted by molar-refractivity contribution is 5.68. The van der Waals surface area contributed by atoms with Crippen LogP contribution >= 0.6 is 0 Å². The topological polar surface area (TPSA) is 59.4 Å². The fraction of sp³-hybridized carbons (Fsp3) is 0.765. The molecule has 6 heteroatoms. The first-order valence-corrected chi connectivity index (χ1v) is 8.40. The molecule has 1 fully saturated rings. The summed E-state index contributed by atoms with van der Waals surface area (Å²) in [5.74, 6) is 1.03. The Morgan fingerprint density at radius 3 is 2.70 bits per heavy atom. The zero-order valence-corrected chi connectivity index (χ0v) is 15.2.